The number of rotatable bonds is 2. The van der Waals surface area contributed by atoms with Crippen LogP contribution >= 0.6 is 0 Å². The van der Waals surface area contributed by atoms with Crippen LogP contribution < -0.4 is 15.8 Å². The van der Waals surface area contributed by atoms with Crippen LogP contribution in [0.3, 0.4) is 0 Å². The number of aliphatic hydroxyl groups is 1. The van der Waals surface area contributed by atoms with Crippen molar-refractivity contribution in [3.63, 3.8) is 0 Å². The van der Waals surface area contributed by atoms with E-state index in [1.165, 1.54) is 12.1 Å². The van der Waals surface area contributed by atoms with Crippen molar-refractivity contribution in [3.05, 3.63) is 18.2 Å². The number of benzene rings is 1. The zero-order valence-electron chi connectivity index (χ0n) is 10.8. The molecule has 0 saturated carbocycles. The SMILES string of the molecule is CC1(O)CCCN(c2cc(N)cc(S(N)(=O)=O)c2)C1. The van der Waals surface area contributed by atoms with E-state index in [2.05, 4.69) is 0 Å². The Kier molecular flexibility index (Phi) is 3.46. The number of hydrogen-bond acceptors (Lipinski definition) is 5. The Labute approximate surface area is 113 Å². The standard InChI is InChI=1S/C12H19N3O3S/c1-12(16)3-2-4-15(8-12)10-5-9(13)6-11(7-10)19(14,17)18/h5-7,16H,2-4,8,13H2,1H3,(H2,14,17,18). The highest BCUT2D eigenvalue weighted by molar-refractivity contribution is 7.89. The molecule has 0 amide bonds. The Balaban J connectivity index is 2.37. The van der Waals surface area contributed by atoms with E-state index in [0.29, 0.717) is 17.9 Å². The molecule has 1 atom stereocenters. The average molecular weight is 285 g/mol. The van der Waals surface area contributed by atoms with Gasteiger partial charge in [-0.3, -0.25) is 0 Å². The van der Waals surface area contributed by atoms with Crippen molar-refractivity contribution in [1.82, 2.24) is 0 Å². The van der Waals surface area contributed by atoms with Crippen molar-refractivity contribution < 1.29 is 13.5 Å². The minimum atomic E-state index is -3.78. The van der Waals surface area contributed by atoms with E-state index in [1.54, 1.807) is 13.0 Å². The number of hydrogen-bond donors (Lipinski definition) is 3. The van der Waals surface area contributed by atoms with Crippen molar-refractivity contribution in [1.29, 1.82) is 0 Å². The van der Waals surface area contributed by atoms with Crippen LogP contribution in [0.15, 0.2) is 23.1 Å². The Morgan fingerprint density at radius 3 is 2.63 bits per heavy atom. The highest BCUT2D eigenvalue weighted by Crippen LogP contribution is 2.28. The minimum Gasteiger partial charge on any atom is -0.399 e. The van der Waals surface area contributed by atoms with Gasteiger partial charge in [-0.25, -0.2) is 13.6 Å². The van der Waals surface area contributed by atoms with Crippen molar-refractivity contribution in [2.24, 2.45) is 5.14 Å². The van der Waals surface area contributed by atoms with Gasteiger partial charge in [-0.2, -0.15) is 0 Å². The third-order valence-electron chi connectivity index (χ3n) is 3.28. The Morgan fingerprint density at radius 1 is 1.37 bits per heavy atom. The normalized spacial score (nSPS) is 24.5. The minimum absolute atomic E-state index is 0.00674. The van der Waals surface area contributed by atoms with Gasteiger partial charge in [0.25, 0.3) is 0 Å². The quantitative estimate of drug-likeness (QED) is 0.676. The number of nitrogen functional groups attached to an aromatic ring is 1. The van der Waals surface area contributed by atoms with E-state index < -0.39 is 15.6 Å². The molecule has 1 unspecified atom stereocenters. The molecule has 0 aliphatic carbocycles. The molecule has 1 aromatic rings. The fourth-order valence-electron chi connectivity index (χ4n) is 2.39. The molecule has 6 nitrogen and oxygen atoms in total. The number of nitrogens with zero attached hydrogens (tertiary/aromatic N) is 1. The summed E-state index contributed by atoms with van der Waals surface area (Å²) in [6.45, 7) is 2.97. The monoisotopic (exact) mass is 285 g/mol. The van der Waals surface area contributed by atoms with E-state index >= 15 is 0 Å². The molecule has 0 aromatic heterocycles. The van der Waals surface area contributed by atoms with E-state index in [1.807, 2.05) is 4.90 Å². The second-order valence-corrected chi connectivity index (χ2v) is 6.89. The van der Waals surface area contributed by atoms with Crippen LogP contribution in [0.4, 0.5) is 11.4 Å². The molecule has 5 N–H and O–H groups in total. The summed E-state index contributed by atoms with van der Waals surface area (Å²) in [5.41, 5.74) is 5.96. The number of anilines is 2. The maximum absolute atomic E-state index is 11.4. The first-order valence-corrected chi connectivity index (χ1v) is 7.63. The number of primary sulfonamides is 1. The molecule has 7 heteroatoms. The molecule has 0 spiro atoms. The second-order valence-electron chi connectivity index (χ2n) is 5.33. The van der Waals surface area contributed by atoms with Gasteiger partial charge in [0, 0.05) is 24.5 Å². The highest BCUT2D eigenvalue weighted by Gasteiger charge is 2.29. The van der Waals surface area contributed by atoms with E-state index in [4.69, 9.17) is 10.9 Å². The fourth-order valence-corrected chi connectivity index (χ4v) is 2.98. The predicted octanol–water partition coefficient (Wildman–Crippen LogP) is 0.267. The van der Waals surface area contributed by atoms with Gasteiger partial charge in [-0.15, -0.1) is 0 Å². The Bertz CT molecular complexity index is 584. The third kappa shape index (κ3) is 3.37. The summed E-state index contributed by atoms with van der Waals surface area (Å²) in [5, 5.41) is 15.2. The van der Waals surface area contributed by atoms with E-state index in [9.17, 15) is 13.5 Å². The Morgan fingerprint density at radius 2 is 2.05 bits per heavy atom. The highest BCUT2D eigenvalue weighted by atomic mass is 32.2. The van der Waals surface area contributed by atoms with Crippen LogP contribution in [0.1, 0.15) is 19.8 Å². The summed E-state index contributed by atoms with van der Waals surface area (Å²) in [5.74, 6) is 0. The van der Waals surface area contributed by atoms with Crippen molar-refractivity contribution in [2.75, 3.05) is 23.7 Å². The van der Waals surface area contributed by atoms with Gasteiger partial charge >= 0.3 is 0 Å². The predicted molar refractivity (Wildman–Crippen MR) is 74.3 cm³/mol. The second kappa shape index (κ2) is 4.66. The molecule has 1 heterocycles. The number of sulfonamides is 1. The first-order valence-electron chi connectivity index (χ1n) is 6.08. The third-order valence-corrected chi connectivity index (χ3v) is 4.17. The molecular formula is C12H19N3O3S. The average Bonchev–Trinajstić information content (AvgIpc) is 2.25. The lowest BCUT2D eigenvalue weighted by Crippen LogP contribution is -2.46. The largest absolute Gasteiger partial charge is 0.399 e. The lowest BCUT2D eigenvalue weighted by Gasteiger charge is -2.38. The molecule has 106 valence electrons. The van der Waals surface area contributed by atoms with Crippen LogP contribution in [-0.4, -0.2) is 32.2 Å². The molecule has 0 bridgehead atoms. The first-order chi connectivity index (χ1) is 8.67. The van der Waals surface area contributed by atoms with Crippen molar-refractivity contribution in [3.8, 4) is 0 Å². The van der Waals surface area contributed by atoms with Crippen LogP contribution in [-0.2, 0) is 10.0 Å². The van der Waals surface area contributed by atoms with Crippen molar-refractivity contribution >= 4 is 21.4 Å². The number of nitrogens with two attached hydrogens (primary N) is 2. The van der Waals surface area contributed by atoms with Gasteiger partial charge in [-0.05, 0) is 38.0 Å². The maximum atomic E-state index is 11.4. The topological polar surface area (TPSA) is 110 Å². The summed E-state index contributed by atoms with van der Waals surface area (Å²) >= 11 is 0. The van der Waals surface area contributed by atoms with Gasteiger partial charge in [-0.1, -0.05) is 0 Å². The van der Waals surface area contributed by atoms with E-state index in [-0.39, 0.29) is 4.90 Å². The molecule has 1 aliphatic heterocycles. The molecule has 1 saturated heterocycles. The van der Waals surface area contributed by atoms with Gasteiger partial charge in [0.15, 0.2) is 0 Å². The summed E-state index contributed by atoms with van der Waals surface area (Å²) < 4.78 is 22.8. The van der Waals surface area contributed by atoms with E-state index in [0.717, 1.165) is 19.4 Å². The van der Waals surface area contributed by atoms with Gasteiger partial charge in [0.1, 0.15) is 0 Å². The van der Waals surface area contributed by atoms with Crippen LogP contribution in [0.5, 0.6) is 0 Å². The maximum Gasteiger partial charge on any atom is 0.238 e. The van der Waals surface area contributed by atoms with Gasteiger partial charge in [0.05, 0.1) is 10.5 Å². The Hall–Kier alpha value is -1.31. The molecule has 1 aliphatic rings. The lowest BCUT2D eigenvalue weighted by molar-refractivity contribution is 0.0449. The molecular weight excluding hydrogens is 266 g/mol. The molecule has 1 aromatic carbocycles. The summed E-state index contributed by atoms with van der Waals surface area (Å²) in [7, 11) is -3.78. The smallest absolute Gasteiger partial charge is 0.238 e. The van der Waals surface area contributed by atoms with Crippen LogP contribution in [0, 0.1) is 0 Å². The first kappa shape index (κ1) is 14.1. The van der Waals surface area contributed by atoms with Crippen LogP contribution in [0.2, 0.25) is 0 Å². The molecule has 2 rings (SSSR count). The summed E-state index contributed by atoms with van der Waals surface area (Å²) in [6.07, 6.45) is 1.57. The summed E-state index contributed by atoms with van der Waals surface area (Å²) in [6, 6.07) is 4.52. The number of β-amino-alcohol motifs (C(OH)–C–C–N with tert-alkyl or cyclic N) is 1. The van der Waals surface area contributed by atoms with Crippen molar-refractivity contribution in [2.45, 2.75) is 30.3 Å². The zero-order valence-corrected chi connectivity index (χ0v) is 11.7. The molecule has 19 heavy (non-hydrogen) atoms. The van der Waals surface area contributed by atoms with Gasteiger partial charge in [0.2, 0.25) is 10.0 Å². The summed E-state index contributed by atoms with van der Waals surface area (Å²) in [4.78, 5) is 1.92. The lowest BCUT2D eigenvalue weighted by atomic mass is 9.95. The molecule has 0 radical (unpaired) electrons. The zero-order chi connectivity index (χ0) is 14.3. The number of piperidine rings is 1. The fraction of sp³-hybridized carbons (Fsp3) is 0.500. The van der Waals surface area contributed by atoms with Crippen LogP contribution in [0.25, 0.3) is 0 Å². The molecule has 1 fully saturated rings. The van der Waals surface area contributed by atoms with Gasteiger partial charge < -0.3 is 15.7 Å².